The molecule has 5 rings (SSSR count). The van der Waals surface area contributed by atoms with Crippen LogP contribution in [0.5, 0.6) is 0 Å². The van der Waals surface area contributed by atoms with Gasteiger partial charge in [0.25, 0.3) is 0 Å². The highest BCUT2D eigenvalue weighted by atomic mass is 35.5. The van der Waals surface area contributed by atoms with Gasteiger partial charge in [-0.3, -0.25) is 9.59 Å². The van der Waals surface area contributed by atoms with Crippen molar-refractivity contribution in [3.05, 3.63) is 69.7 Å². The second-order valence-electron chi connectivity index (χ2n) is 13.3. The first kappa shape index (κ1) is 36.1. The normalized spacial score (nSPS) is 26.0. The molecule has 0 unspecified atom stereocenters. The third-order valence-electron chi connectivity index (χ3n) is 10.0. The molecule has 2 aliphatic heterocycles. The topological polar surface area (TPSA) is 138 Å². The van der Waals surface area contributed by atoms with Gasteiger partial charge in [-0.2, -0.15) is 0 Å². The van der Waals surface area contributed by atoms with Crippen molar-refractivity contribution in [3.63, 3.8) is 0 Å². The first-order valence-corrected chi connectivity index (χ1v) is 20.2. The molecular weight excluding hydrogens is 683 g/mol. The Morgan fingerprint density at radius 3 is 2.30 bits per heavy atom. The van der Waals surface area contributed by atoms with Crippen LogP contribution in [0.15, 0.2) is 48.5 Å². The minimum atomic E-state index is -3.54. The van der Waals surface area contributed by atoms with E-state index in [0.29, 0.717) is 48.9 Å². The molecule has 0 bridgehead atoms. The van der Waals surface area contributed by atoms with Gasteiger partial charge in [0.15, 0.2) is 9.84 Å². The molecule has 2 heterocycles. The van der Waals surface area contributed by atoms with Crippen LogP contribution in [-0.4, -0.2) is 98.8 Å². The van der Waals surface area contributed by atoms with Gasteiger partial charge in [-0.05, 0) is 74.0 Å². The van der Waals surface area contributed by atoms with Crippen LogP contribution in [0.3, 0.4) is 0 Å². The molecule has 3 aliphatic rings. The number of benzene rings is 2. The predicted octanol–water partition coefficient (Wildman–Crippen LogP) is 4.24. The van der Waals surface area contributed by atoms with E-state index < -0.39 is 48.5 Å². The van der Waals surface area contributed by atoms with Crippen LogP contribution < -0.4 is 5.73 Å². The molecule has 0 aromatic heterocycles. The summed E-state index contributed by atoms with van der Waals surface area (Å²) < 4.78 is 52.2. The number of carbonyl (C=O) groups excluding carboxylic acids is 2. The fraction of sp³-hybridized carbons (Fsp3) is 0.576. The minimum absolute atomic E-state index is 0.0411. The number of halogens is 2. The van der Waals surface area contributed by atoms with Crippen LogP contribution in [0.1, 0.15) is 68.5 Å². The molecule has 14 heteroatoms. The van der Waals surface area contributed by atoms with Gasteiger partial charge in [-0.1, -0.05) is 54.4 Å². The third-order valence-corrected chi connectivity index (χ3v) is 14.5. The molecule has 0 spiro atoms. The largest absolute Gasteiger partial charge is 0.370 e. The minimum Gasteiger partial charge on any atom is -0.370 e. The van der Waals surface area contributed by atoms with E-state index >= 15 is 4.79 Å². The van der Waals surface area contributed by atoms with Crippen LogP contribution in [0.25, 0.3) is 0 Å². The summed E-state index contributed by atoms with van der Waals surface area (Å²) in [5, 5.41) is 0.657. The van der Waals surface area contributed by atoms with Crippen molar-refractivity contribution in [2.75, 3.05) is 44.7 Å². The lowest BCUT2D eigenvalue weighted by atomic mass is 9.64. The summed E-state index contributed by atoms with van der Waals surface area (Å²) in [6.45, 7) is 3.12. The Hall–Kier alpha value is -2.22. The zero-order valence-corrected chi connectivity index (χ0v) is 30.0. The standard InChI is InChI=1S/C33H44Cl2N4O6S2/c1-3-27(22-37(2)47(44,45)28-11-12-28)39-31(23-7-9-25(34)10-8-23)29(24-5-4-6-26(35)19-24)20-33(32(39)41,21-30(36)40)13-14-38-15-17-46(42,43)18-16-38/h4-10,19,27-29,31H,3,11-18,20-22H2,1-2H3,(H2,36,40)/t27-,29+,31+,33+/m0/s1. The summed E-state index contributed by atoms with van der Waals surface area (Å²) in [6, 6.07) is 13.7. The molecular formula is C33H44Cl2N4O6S2. The van der Waals surface area contributed by atoms with Crippen molar-refractivity contribution in [1.82, 2.24) is 14.1 Å². The van der Waals surface area contributed by atoms with Crippen LogP contribution >= 0.6 is 23.2 Å². The average Bonchev–Trinajstić information content (AvgIpc) is 3.87. The van der Waals surface area contributed by atoms with Gasteiger partial charge in [0.2, 0.25) is 21.8 Å². The van der Waals surface area contributed by atoms with E-state index in [0.717, 1.165) is 11.1 Å². The SMILES string of the molecule is CC[C@@H](CN(C)S(=O)(=O)C1CC1)N1C(=O)[C@@](CCN2CCS(=O)(=O)CC2)(CC(N)=O)C[C@H](c2cccc(Cl)c2)[C@H]1c1ccc(Cl)cc1. The highest BCUT2D eigenvalue weighted by Crippen LogP contribution is 2.54. The summed E-state index contributed by atoms with van der Waals surface area (Å²) in [4.78, 5) is 31.9. The van der Waals surface area contributed by atoms with Gasteiger partial charge in [0, 0.05) is 55.1 Å². The summed E-state index contributed by atoms with van der Waals surface area (Å²) >= 11 is 12.8. The molecule has 0 radical (unpaired) electrons. The van der Waals surface area contributed by atoms with Gasteiger partial charge in [0.05, 0.1) is 28.2 Å². The molecule has 2 aromatic rings. The molecule has 1 aliphatic carbocycles. The zero-order chi connectivity index (χ0) is 34.1. The first-order valence-electron chi connectivity index (χ1n) is 16.2. The van der Waals surface area contributed by atoms with Crippen molar-refractivity contribution in [2.45, 2.75) is 68.7 Å². The maximum Gasteiger partial charge on any atom is 0.230 e. The second-order valence-corrected chi connectivity index (χ2v) is 18.8. The summed E-state index contributed by atoms with van der Waals surface area (Å²) in [5.41, 5.74) is 6.37. The number of nitrogens with zero attached hydrogens (tertiary/aromatic N) is 3. The Bertz CT molecular complexity index is 1670. The van der Waals surface area contributed by atoms with Crippen LogP contribution in [0.4, 0.5) is 0 Å². The van der Waals surface area contributed by atoms with Crippen molar-refractivity contribution in [2.24, 2.45) is 11.1 Å². The number of sulfone groups is 1. The zero-order valence-electron chi connectivity index (χ0n) is 26.9. The Kier molecular flexibility index (Phi) is 11.0. The first-order chi connectivity index (χ1) is 22.2. The molecule has 258 valence electrons. The molecule has 2 amide bonds. The molecule has 2 N–H and O–H groups in total. The number of carbonyl (C=O) groups is 2. The van der Waals surface area contributed by atoms with E-state index in [2.05, 4.69) is 0 Å². The number of hydrogen-bond acceptors (Lipinski definition) is 7. The fourth-order valence-corrected chi connectivity index (χ4v) is 10.5. The Morgan fingerprint density at radius 1 is 1.06 bits per heavy atom. The lowest BCUT2D eigenvalue weighted by molar-refractivity contribution is -0.159. The number of likely N-dealkylation sites (N-methyl/N-ethyl adjacent to an activating group) is 1. The predicted molar refractivity (Wildman–Crippen MR) is 184 cm³/mol. The summed E-state index contributed by atoms with van der Waals surface area (Å²) in [7, 11) is -5.08. The van der Waals surface area contributed by atoms with Crippen LogP contribution in [-0.2, 0) is 29.4 Å². The van der Waals surface area contributed by atoms with E-state index in [9.17, 15) is 21.6 Å². The highest BCUT2D eigenvalue weighted by molar-refractivity contribution is 7.91. The lowest BCUT2D eigenvalue weighted by Crippen LogP contribution is -2.60. The van der Waals surface area contributed by atoms with Crippen molar-refractivity contribution >= 4 is 54.9 Å². The number of primary amides is 1. The number of sulfonamides is 1. The maximum atomic E-state index is 15.2. The fourth-order valence-electron chi connectivity index (χ4n) is 7.26. The van der Waals surface area contributed by atoms with Gasteiger partial charge in [-0.15, -0.1) is 0 Å². The number of amides is 2. The van der Waals surface area contributed by atoms with Crippen molar-refractivity contribution in [3.8, 4) is 0 Å². The number of nitrogens with two attached hydrogens (primary N) is 1. The monoisotopic (exact) mass is 726 g/mol. The Labute approximate surface area is 288 Å². The van der Waals surface area contributed by atoms with Crippen molar-refractivity contribution in [1.29, 1.82) is 0 Å². The molecule has 2 saturated heterocycles. The van der Waals surface area contributed by atoms with Crippen molar-refractivity contribution < 1.29 is 26.4 Å². The van der Waals surface area contributed by atoms with E-state index in [-0.39, 0.29) is 49.1 Å². The van der Waals surface area contributed by atoms with Gasteiger partial charge < -0.3 is 15.5 Å². The number of hydrogen-bond donors (Lipinski definition) is 1. The molecule has 4 atom stereocenters. The number of rotatable bonds is 13. The van der Waals surface area contributed by atoms with Gasteiger partial charge >= 0.3 is 0 Å². The summed E-state index contributed by atoms with van der Waals surface area (Å²) in [5.74, 6) is -1.13. The summed E-state index contributed by atoms with van der Waals surface area (Å²) in [6.07, 6.45) is 2.07. The van der Waals surface area contributed by atoms with Crippen LogP contribution in [0.2, 0.25) is 10.0 Å². The van der Waals surface area contributed by atoms with E-state index in [1.54, 1.807) is 30.1 Å². The number of piperidine rings is 1. The van der Waals surface area contributed by atoms with E-state index in [4.69, 9.17) is 28.9 Å². The van der Waals surface area contributed by atoms with E-state index in [1.807, 2.05) is 42.2 Å². The molecule has 47 heavy (non-hydrogen) atoms. The Balaban J connectivity index is 1.63. The smallest absolute Gasteiger partial charge is 0.230 e. The van der Waals surface area contributed by atoms with Gasteiger partial charge in [0.1, 0.15) is 0 Å². The second kappa shape index (κ2) is 14.3. The number of likely N-dealkylation sites (tertiary alicyclic amines) is 1. The average molecular weight is 728 g/mol. The molecule has 2 aromatic carbocycles. The van der Waals surface area contributed by atoms with Crippen LogP contribution in [0, 0.1) is 5.41 Å². The molecule has 10 nitrogen and oxygen atoms in total. The van der Waals surface area contributed by atoms with E-state index in [1.165, 1.54) is 4.31 Å². The molecule has 3 fully saturated rings. The lowest BCUT2D eigenvalue weighted by Gasteiger charge is -2.53. The highest BCUT2D eigenvalue weighted by Gasteiger charge is 2.54. The van der Waals surface area contributed by atoms with Gasteiger partial charge in [-0.25, -0.2) is 21.1 Å². The third kappa shape index (κ3) is 8.16. The quantitative estimate of drug-likeness (QED) is 0.326. The Morgan fingerprint density at radius 2 is 1.72 bits per heavy atom. The molecule has 1 saturated carbocycles. The maximum absolute atomic E-state index is 15.2.